The molecule has 19 heavy (non-hydrogen) atoms. The molecule has 2 aromatic heterocycles. The van der Waals surface area contributed by atoms with E-state index in [0.717, 1.165) is 16.9 Å². The number of hydrogen-bond acceptors (Lipinski definition) is 5. The lowest BCUT2D eigenvalue weighted by Gasteiger charge is -2.07. The Morgan fingerprint density at radius 2 is 2.21 bits per heavy atom. The summed E-state index contributed by atoms with van der Waals surface area (Å²) < 4.78 is 2.86. The number of aliphatic hydroxyl groups excluding tert-OH is 1. The van der Waals surface area contributed by atoms with Crippen molar-refractivity contribution in [2.24, 2.45) is 0 Å². The largest absolute Gasteiger partial charge is 0.394 e. The van der Waals surface area contributed by atoms with Crippen LogP contribution in [0.4, 0.5) is 11.4 Å². The molecule has 0 atom stereocenters. The number of nitrogens with zero attached hydrogens (tertiary/aromatic N) is 4. The van der Waals surface area contributed by atoms with Crippen LogP contribution in [0.5, 0.6) is 0 Å². The van der Waals surface area contributed by atoms with Gasteiger partial charge in [0.2, 0.25) is 0 Å². The van der Waals surface area contributed by atoms with Crippen molar-refractivity contribution >= 4 is 23.0 Å². The number of aryl methyl sites for hydroxylation is 1. The van der Waals surface area contributed by atoms with Crippen LogP contribution in [0.15, 0.2) is 23.4 Å². The van der Waals surface area contributed by atoms with E-state index < -0.39 is 5.56 Å². The Labute approximate surface area is 114 Å². The van der Waals surface area contributed by atoms with Crippen molar-refractivity contribution in [1.82, 2.24) is 19.6 Å². The zero-order valence-corrected chi connectivity index (χ0v) is 11.1. The molecular formula is C11H14ClN5O2. The summed E-state index contributed by atoms with van der Waals surface area (Å²) in [5.74, 6) is 0. The van der Waals surface area contributed by atoms with Crippen molar-refractivity contribution in [2.75, 3.05) is 11.9 Å². The Morgan fingerprint density at radius 1 is 1.42 bits per heavy atom. The van der Waals surface area contributed by atoms with Crippen molar-refractivity contribution in [1.29, 1.82) is 0 Å². The highest BCUT2D eigenvalue weighted by molar-refractivity contribution is 6.33. The van der Waals surface area contributed by atoms with Crippen LogP contribution in [-0.2, 0) is 13.1 Å². The summed E-state index contributed by atoms with van der Waals surface area (Å²) in [6.07, 6.45) is 4.89. The number of halogens is 1. The third kappa shape index (κ3) is 2.94. The third-order valence-electron chi connectivity index (χ3n) is 2.53. The molecule has 0 saturated carbocycles. The first-order valence-corrected chi connectivity index (χ1v) is 6.19. The molecule has 2 rings (SSSR count). The number of aliphatic hydroxyl groups is 1. The smallest absolute Gasteiger partial charge is 0.287 e. The molecule has 8 heteroatoms. The van der Waals surface area contributed by atoms with Gasteiger partial charge in [-0.2, -0.15) is 10.2 Å². The molecule has 102 valence electrons. The molecule has 0 amide bonds. The lowest BCUT2D eigenvalue weighted by Crippen LogP contribution is -2.25. The van der Waals surface area contributed by atoms with Crippen LogP contribution in [0.3, 0.4) is 0 Å². The van der Waals surface area contributed by atoms with Crippen LogP contribution in [-0.4, -0.2) is 31.3 Å². The van der Waals surface area contributed by atoms with Gasteiger partial charge in [0.05, 0.1) is 36.9 Å². The molecule has 0 aliphatic heterocycles. The number of hydrogen-bond donors (Lipinski definition) is 2. The normalized spacial score (nSPS) is 10.7. The van der Waals surface area contributed by atoms with E-state index in [9.17, 15) is 4.79 Å². The molecule has 2 N–H and O–H groups in total. The molecule has 2 aromatic rings. The van der Waals surface area contributed by atoms with Crippen LogP contribution >= 0.6 is 11.6 Å². The number of aromatic nitrogens is 4. The SMILES string of the molecule is CCn1cc(Nc2cnn(CCO)c(=O)c2Cl)cn1. The number of nitrogens with one attached hydrogen (secondary N) is 1. The van der Waals surface area contributed by atoms with E-state index in [-0.39, 0.29) is 18.2 Å². The molecule has 7 nitrogen and oxygen atoms in total. The first kappa shape index (κ1) is 13.6. The second-order valence-corrected chi connectivity index (χ2v) is 4.21. The zero-order valence-electron chi connectivity index (χ0n) is 10.4. The van der Waals surface area contributed by atoms with Crippen LogP contribution < -0.4 is 10.9 Å². The highest BCUT2D eigenvalue weighted by Crippen LogP contribution is 2.20. The molecule has 0 radical (unpaired) electrons. The lowest BCUT2D eigenvalue weighted by atomic mass is 10.4. The molecule has 0 bridgehead atoms. The molecule has 0 saturated heterocycles. The lowest BCUT2D eigenvalue weighted by molar-refractivity contribution is 0.266. The van der Waals surface area contributed by atoms with Gasteiger partial charge >= 0.3 is 0 Å². The van der Waals surface area contributed by atoms with Gasteiger partial charge in [0.15, 0.2) is 0 Å². The van der Waals surface area contributed by atoms with Gasteiger partial charge in [-0.1, -0.05) is 11.6 Å². The molecule has 0 aromatic carbocycles. The number of anilines is 2. The molecule has 0 fully saturated rings. The van der Waals surface area contributed by atoms with Gasteiger partial charge in [0.25, 0.3) is 5.56 Å². The first-order chi connectivity index (χ1) is 9.15. The zero-order chi connectivity index (χ0) is 13.8. The van der Waals surface area contributed by atoms with Gasteiger partial charge in [0.1, 0.15) is 5.02 Å². The van der Waals surface area contributed by atoms with Crippen molar-refractivity contribution in [2.45, 2.75) is 20.0 Å². The van der Waals surface area contributed by atoms with Gasteiger partial charge in [-0.25, -0.2) is 4.68 Å². The quantitative estimate of drug-likeness (QED) is 0.850. The van der Waals surface area contributed by atoms with Gasteiger partial charge in [-0.3, -0.25) is 9.48 Å². The highest BCUT2D eigenvalue weighted by Gasteiger charge is 2.09. The Kier molecular flexibility index (Phi) is 4.18. The molecule has 0 unspecified atom stereocenters. The average Bonchev–Trinajstić information content (AvgIpc) is 2.86. The minimum Gasteiger partial charge on any atom is -0.394 e. The van der Waals surface area contributed by atoms with E-state index in [1.807, 2.05) is 6.92 Å². The Balaban J connectivity index is 2.26. The number of rotatable bonds is 5. The van der Waals surface area contributed by atoms with Crippen LogP contribution in [0.2, 0.25) is 5.02 Å². The monoisotopic (exact) mass is 283 g/mol. The van der Waals surface area contributed by atoms with E-state index >= 15 is 0 Å². The van der Waals surface area contributed by atoms with Crippen LogP contribution in [0.25, 0.3) is 0 Å². The molecular weight excluding hydrogens is 270 g/mol. The predicted molar refractivity (Wildman–Crippen MR) is 71.8 cm³/mol. The van der Waals surface area contributed by atoms with Crippen molar-refractivity contribution in [3.8, 4) is 0 Å². The maximum atomic E-state index is 11.8. The van der Waals surface area contributed by atoms with E-state index in [4.69, 9.17) is 16.7 Å². The van der Waals surface area contributed by atoms with Crippen LogP contribution in [0, 0.1) is 0 Å². The van der Waals surface area contributed by atoms with Gasteiger partial charge in [-0.05, 0) is 6.92 Å². The summed E-state index contributed by atoms with van der Waals surface area (Å²) in [4.78, 5) is 11.8. The second-order valence-electron chi connectivity index (χ2n) is 3.83. The standard InChI is InChI=1S/C11H14ClN5O2/c1-2-16-7-8(5-13-16)15-9-6-14-17(3-4-18)11(19)10(9)12/h5-7,15,18H,2-4H2,1H3. The van der Waals surface area contributed by atoms with Gasteiger partial charge in [-0.15, -0.1) is 0 Å². The first-order valence-electron chi connectivity index (χ1n) is 5.81. The fourth-order valence-electron chi connectivity index (χ4n) is 1.56. The van der Waals surface area contributed by atoms with E-state index in [0.29, 0.717) is 5.69 Å². The minimum absolute atomic E-state index is 0.0349. The Bertz CT molecular complexity index is 622. The van der Waals surface area contributed by atoms with Crippen molar-refractivity contribution in [3.05, 3.63) is 34.0 Å². The molecule has 2 heterocycles. The average molecular weight is 284 g/mol. The topological polar surface area (TPSA) is 85.0 Å². The van der Waals surface area contributed by atoms with Crippen molar-refractivity contribution in [3.63, 3.8) is 0 Å². The summed E-state index contributed by atoms with van der Waals surface area (Å²) in [5.41, 5.74) is 0.699. The van der Waals surface area contributed by atoms with Crippen molar-refractivity contribution < 1.29 is 5.11 Å². The van der Waals surface area contributed by atoms with E-state index in [1.165, 1.54) is 6.20 Å². The maximum Gasteiger partial charge on any atom is 0.287 e. The fourth-order valence-corrected chi connectivity index (χ4v) is 1.76. The Hall–Kier alpha value is -1.86. The van der Waals surface area contributed by atoms with E-state index in [1.54, 1.807) is 17.1 Å². The molecule has 0 spiro atoms. The Morgan fingerprint density at radius 3 is 2.84 bits per heavy atom. The second kappa shape index (κ2) is 5.85. The molecule has 0 aliphatic rings. The van der Waals surface area contributed by atoms with E-state index in [2.05, 4.69) is 15.5 Å². The third-order valence-corrected chi connectivity index (χ3v) is 2.90. The van der Waals surface area contributed by atoms with Gasteiger partial charge < -0.3 is 10.4 Å². The molecule has 0 aliphatic carbocycles. The highest BCUT2D eigenvalue weighted by atomic mass is 35.5. The summed E-state index contributed by atoms with van der Waals surface area (Å²) in [7, 11) is 0. The summed E-state index contributed by atoms with van der Waals surface area (Å²) in [6.45, 7) is 2.68. The summed E-state index contributed by atoms with van der Waals surface area (Å²) >= 11 is 5.98. The van der Waals surface area contributed by atoms with Gasteiger partial charge in [0, 0.05) is 12.7 Å². The minimum atomic E-state index is -0.441. The summed E-state index contributed by atoms with van der Waals surface area (Å²) in [5, 5.41) is 19.8. The predicted octanol–water partition coefficient (Wildman–Crippen LogP) is 0.849. The summed E-state index contributed by atoms with van der Waals surface area (Å²) in [6, 6.07) is 0. The fraction of sp³-hybridized carbons (Fsp3) is 0.364. The van der Waals surface area contributed by atoms with Crippen LogP contribution in [0.1, 0.15) is 6.92 Å². The maximum absolute atomic E-state index is 11.8.